The van der Waals surface area contributed by atoms with Gasteiger partial charge < -0.3 is 19.4 Å². The van der Waals surface area contributed by atoms with Gasteiger partial charge in [-0.3, -0.25) is 4.79 Å². The molecule has 0 N–H and O–H groups in total. The standard InChI is InChI=1S/C20H26FN5O2/c1-3-24(4-2)18-9-10-19(23-22-18)25-11-13-26(14-12-25)20(27)15-28-17-7-5-16(21)6-8-17/h5-10H,3-4,11-15H2,1-2H3. The van der Waals surface area contributed by atoms with Gasteiger partial charge in [-0.1, -0.05) is 0 Å². The number of ether oxygens (including phenoxy) is 1. The first-order valence-corrected chi connectivity index (χ1v) is 9.60. The smallest absolute Gasteiger partial charge is 0.260 e. The van der Waals surface area contributed by atoms with E-state index in [1.165, 1.54) is 24.3 Å². The largest absolute Gasteiger partial charge is 0.484 e. The van der Waals surface area contributed by atoms with Gasteiger partial charge in [0.05, 0.1) is 0 Å². The highest BCUT2D eigenvalue weighted by atomic mass is 19.1. The Morgan fingerprint density at radius 3 is 2.29 bits per heavy atom. The lowest BCUT2D eigenvalue weighted by atomic mass is 10.3. The van der Waals surface area contributed by atoms with Crippen molar-refractivity contribution < 1.29 is 13.9 Å². The number of carbonyl (C=O) groups excluding carboxylic acids is 1. The van der Waals surface area contributed by atoms with E-state index in [2.05, 4.69) is 33.8 Å². The van der Waals surface area contributed by atoms with Crippen LogP contribution in [-0.2, 0) is 4.79 Å². The highest BCUT2D eigenvalue weighted by Gasteiger charge is 2.22. The third-order valence-corrected chi connectivity index (χ3v) is 4.86. The summed E-state index contributed by atoms with van der Waals surface area (Å²) >= 11 is 0. The maximum Gasteiger partial charge on any atom is 0.260 e. The second-order valence-corrected chi connectivity index (χ2v) is 6.53. The summed E-state index contributed by atoms with van der Waals surface area (Å²) < 4.78 is 18.3. The molecule has 28 heavy (non-hydrogen) atoms. The minimum atomic E-state index is -0.331. The first-order chi connectivity index (χ1) is 13.6. The van der Waals surface area contributed by atoms with E-state index >= 15 is 0 Å². The van der Waals surface area contributed by atoms with Crippen LogP contribution in [0.25, 0.3) is 0 Å². The molecule has 0 radical (unpaired) electrons. The fraction of sp³-hybridized carbons (Fsp3) is 0.450. The van der Waals surface area contributed by atoms with Crippen LogP contribution in [0.4, 0.5) is 16.0 Å². The molecule has 3 rings (SSSR count). The second kappa shape index (κ2) is 9.34. The Bertz CT molecular complexity index is 757. The van der Waals surface area contributed by atoms with Gasteiger partial charge in [-0.2, -0.15) is 0 Å². The number of anilines is 2. The van der Waals surface area contributed by atoms with Gasteiger partial charge in [-0.15, -0.1) is 10.2 Å². The molecule has 1 saturated heterocycles. The van der Waals surface area contributed by atoms with Crippen molar-refractivity contribution in [3.05, 3.63) is 42.2 Å². The summed E-state index contributed by atoms with van der Waals surface area (Å²) in [4.78, 5) is 18.4. The third kappa shape index (κ3) is 4.88. The lowest BCUT2D eigenvalue weighted by Crippen LogP contribution is -2.50. The van der Waals surface area contributed by atoms with Gasteiger partial charge in [0, 0.05) is 39.3 Å². The van der Waals surface area contributed by atoms with Gasteiger partial charge in [-0.25, -0.2) is 4.39 Å². The number of halogens is 1. The maximum absolute atomic E-state index is 12.9. The number of amides is 1. The minimum absolute atomic E-state index is 0.0516. The van der Waals surface area contributed by atoms with E-state index in [-0.39, 0.29) is 18.3 Å². The molecule has 1 fully saturated rings. The number of benzene rings is 1. The topological polar surface area (TPSA) is 61.8 Å². The summed E-state index contributed by atoms with van der Waals surface area (Å²) in [6, 6.07) is 9.62. The van der Waals surface area contributed by atoms with Crippen LogP contribution in [0.1, 0.15) is 13.8 Å². The van der Waals surface area contributed by atoms with Crippen LogP contribution in [0.2, 0.25) is 0 Å². The van der Waals surface area contributed by atoms with Crippen LogP contribution in [-0.4, -0.2) is 66.9 Å². The summed E-state index contributed by atoms with van der Waals surface area (Å²) in [6.07, 6.45) is 0. The summed E-state index contributed by atoms with van der Waals surface area (Å²) in [6.45, 7) is 8.52. The number of rotatable bonds is 7. The average molecular weight is 387 g/mol. The van der Waals surface area contributed by atoms with Crippen LogP contribution in [0.3, 0.4) is 0 Å². The first kappa shape index (κ1) is 19.9. The molecule has 0 bridgehead atoms. The fourth-order valence-corrected chi connectivity index (χ4v) is 3.16. The first-order valence-electron chi connectivity index (χ1n) is 9.60. The molecule has 0 unspecified atom stereocenters. The molecular formula is C20H26FN5O2. The monoisotopic (exact) mass is 387 g/mol. The van der Waals surface area contributed by atoms with Crippen molar-refractivity contribution >= 4 is 17.5 Å². The molecule has 1 amide bonds. The van der Waals surface area contributed by atoms with E-state index < -0.39 is 0 Å². The van der Waals surface area contributed by atoms with Crippen LogP contribution in [0.5, 0.6) is 5.75 Å². The predicted octanol–water partition coefficient (Wildman–Crippen LogP) is 2.19. The lowest BCUT2D eigenvalue weighted by Gasteiger charge is -2.35. The Hall–Kier alpha value is -2.90. The molecule has 150 valence electrons. The van der Waals surface area contributed by atoms with Crippen LogP contribution in [0.15, 0.2) is 36.4 Å². The highest BCUT2D eigenvalue weighted by Crippen LogP contribution is 2.17. The molecule has 1 aliphatic rings. The molecule has 0 saturated carbocycles. The van der Waals surface area contributed by atoms with E-state index in [0.717, 1.165) is 24.7 Å². The summed E-state index contributed by atoms with van der Waals surface area (Å²) in [5, 5.41) is 8.67. The minimum Gasteiger partial charge on any atom is -0.484 e. The van der Waals surface area contributed by atoms with Crippen molar-refractivity contribution in [3.63, 3.8) is 0 Å². The normalized spacial score (nSPS) is 14.1. The Balaban J connectivity index is 1.48. The van der Waals surface area contributed by atoms with Gasteiger partial charge in [0.15, 0.2) is 18.2 Å². The highest BCUT2D eigenvalue weighted by molar-refractivity contribution is 5.78. The van der Waals surface area contributed by atoms with Crippen LogP contribution in [0, 0.1) is 5.82 Å². The van der Waals surface area contributed by atoms with Crippen molar-refractivity contribution in [3.8, 4) is 5.75 Å². The Kier molecular flexibility index (Phi) is 6.62. The van der Waals surface area contributed by atoms with Gasteiger partial charge in [0.2, 0.25) is 0 Å². The van der Waals surface area contributed by atoms with Gasteiger partial charge in [-0.05, 0) is 50.2 Å². The van der Waals surface area contributed by atoms with Crippen molar-refractivity contribution in [1.29, 1.82) is 0 Å². The number of nitrogens with zero attached hydrogens (tertiary/aromatic N) is 5. The summed E-state index contributed by atoms with van der Waals surface area (Å²) in [7, 11) is 0. The zero-order valence-electron chi connectivity index (χ0n) is 16.3. The van der Waals surface area contributed by atoms with Crippen molar-refractivity contribution in [2.45, 2.75) is 13.8 Å². The van der Waals surface area contributed by atoms with Crippen LogP contribution < -0.4 is 14.5 Å². The molecule has 2 heterocycles. The zero-order chi connectivity index (χ0) is 19.9. The Morgan fingerprint density at radius 2 is 1.71 bits per heavy atom. The van der Waals surface area contributed by atoms with Gasteiger partial charge in [0.1, 0.15) is 11.6 Å². The molecule has 1 aromatic carbocycles. The maximum atomic E-state index is 12.9. The van der Waals surface area contributed by atoms with E-state index in [4.69, 9.17) is 4.74 Å². The number of aromatic nitrogens is 2. The molecule has 7 nitrogen and oxygen atoms in total. The number of hydrogen-bond donors (Lipinski definition) is 0. The van der Waals surface area contributed by atoms with E-state index in [1.807, 2.05) is 12.1 Å². The molecule has 0 aliphatic carbocycles. The van der Waals surface area contributed by atoms with E-state index in [9.17, 15) is 9.18 Å². The van der Waals surface area contributed by atoms with Gasteiger partial charge >= 0.3 is 0 Å². The fourth-order valence-electron chi connectivity index (χ4n) is 3.16. The molecule has 0 atom stereocenters. The van der Waals surface area contributed by atoms with Gasteiger partial charge in [0.25, 0.3) is 5.91 Å². The Morgan fingerprint density at radius 1 is 1.04 bits per heavy atom. The summed E-state index contributed by atoms with van der Waals surface area (Å²) in [5.41, 5.74) is 0. The Labute approximate surface area is 164 Å². The summed E-state index contributed by atoms with van der Waals surface area (Å²) in [5.74, 6) is 1.78. The van der Waals surface area contributed by atoms with Crippen LogP contribution >= 0.6 is 0 Å². The van der Waals surface area contributed by atoms with Crippen molar-refractivity contribution in [2.24, 2.45) is 0 Å². The average Bonchev–Trinajstić information content (AvgIpc) is 2.75. The molecular weight excluding hydrogens is 361 g/mol. The SMILES string of the molecule is CCN(CC)c1ccc(N2CCN(C(=O)COc3ccc(F)cc3)CC2)nn1. The molecule has 1 aromatic heterocycles. The number of carbonyl (C=O) groups is 1. The number of hydrogen-bond acceptors (Lipinski definition) is 6. The lowest BCUT2D eigenvalue weighted by molar-refractivity contribution is -0.133. The number of piperazine rings is 1. The van der Waals surface area contributed by atoms with E-state index in [0.29, 0.717) is 31.9 Å². The molecule has 8 heteroatoms. The third-order valence-electron chi connectivity index (χ3n) is 4.86. The zero-order valence-corrected chi connectivity index (χ0v) is 16.3. The molecule has 2 aromatic rings. The molecule has 0 spiro atoms. The predicted molar refractivity (Wildman–Crippen MR) is 106 cm³/mol. The second-order valence-electron chi connectivity index (χ2n) is 6.53. The van der Waals surface area contributed by atoms with Crippen molar-refractivity contribution in [2.75, 3.05) is 55.7 Å². The molecule has 1 aliphatic heterocycles. The van der Waals surface area contributed by atoms with E-state index in [1.54, 1.807) is 4.90 Å². The van der Waals surface area contributed by atoms with Crippen molar-refractivity contribution in [1.82, 2.24) is 15.1 Å². The quantitative estimate of drug-likeness (QED) is 0.726.